The van der Waals surface area contributed by atoms with Gasteiger partial charge < -0.3 is 10.6 Å². The van der Waals surface area contributed by atoms with Crippen LogP contribution in [0.3, 0.4) is 0 Å². The number of rotatable bonds is 7. The lowest BCUT2D eigenvalue weighted by molar-refractivity contribution is 0.227. The van der Waals surface area contributed by atoms with E-state index in [0.29, 0.717) is 6.54 Å². The van der Waals surface area contributed by atoms with Gasteiger partial charge in [-0.3, -0.25) is 5.09 Å². The van der Waals surface area contributed by atoms with Crippen molar-refractivity contribution in [3.05, 3.63) is 95.6 Å². The van der Waals surface area contributed by atoms with Crippen molar-refractivity contribution in [2.24, 2.45) is 0 Å². The lowest BCUT2D eigenvalue weighted by atomic mass is 9.91. The quantitative estimate of drug-likeness (QED) is 0.433. The normalized spacial score (nSPS) is 18.2. The zero-order valence-corrected chi connectivity index (χ0v) is 20.4. The van der Waals surface area contributed by atoms with Crippen molar-refractivity contribution in [1.29, 1.82) is 0 Å². The Kier molecular flexibility index (Phi) is 8.15. The van der Waals surface area contributed by atoms with E-state index < -0.39 is 8.07 Å². The summed E-state index contributed by atoms with van der Waals surface area (Å²) in [6.07, 6.45) is 4.40. The maximum Gasteiger partial charge on any atom is 0.315 e. The van der Waals surface area contributed by atoms with Gasteiger partial charge in [0.15, 0.2) is 0 Å². The molecule has 0 bridgehead atoms. The Labute approximate surface area is 199 Å². The smallest absolute Gasteiger partial charge is 0.315 e. The molecule has 1 saturated carbocycles. The fraction of sp³-hybridized carbons (Fsp3) is 0.321. The molecule has 1 aliphatic rings. The number of carbonyl (C=O) groups is 1. The average Bonchev–Trinajstić information content (AvgIpc) is 2.84. The second-order valence-electron chi connectivity index (χ2n) is 8.85. The van der Waals surface area contributed by atoms with E-state index in [1.165, 1.54) is 28.2 Å². The number of hydrogen-bond donors (Lipinski definition) is 3. The zero-order valence-electron chi connectivity index (χ0n) is 19.6. The van der Waals surface area contributed by atoms with Crippen LogP contribution in [0.1, 0.15) is 42.4 Å². The lowest BCUT2D eigenvalue weighted by Crippen LogP contribution is -2.53. The van der Waals surface area contributed by atoms with Crippen LogP contribution in [0.2, 0.25) is 0 Å². The molecule has 1 aliphatic carbocycles. The topological polar surface area (TPSA) is 53.2 Å². The maximum absolute atomic E-state index is 12.7. The molecule has 0 saturated heterocycles. The minimum Gasteiger partial charge on any atom is -0.334 e. The Morgan fingerprint density at radius 1 is 0.788 bits per heavy atom. The van der Waals surface area contributed by atoms with E-state index >= 15 is 0 Å². The van der Waals surface area contributed by atoms with Gasteiger partial charge in [-0.25, -0.2) is 4.79 Å². The molecule has 0 aliphatic heterocycles. The van der Waals surface area contributed by atoms with Crippen molar-refractivity contribution in [2.45, 2.75) is 58.2 Å². The summed E-state index contributed by atoms with van der Waals surface area (Å²) in [5.74, 6) is 0. The Balaban J connectivity index is 1.50. The number of amides is 2. The van der Waals surface area contributed by atoms with Crippen molar-refractivity contribution in [3.8, 4) is 0 Å². The van der Waals surface area contributed by atoms with Gasteiger partial charge in [0.1, 0.15) is 0 Å². The Hall–Kier alpha value is -2.68. The van der Waals surface area contributed by atoms with Crippen molar-refractivity contribution in [1.82, 2.24) is 15.7 Å². The molecule has 0 spiro atoms. The molecule has 4 nitrogen and oxygen atoms in total. The third-order valence-corrected chi connectivity index (χ3v) is 8.94. The Morgan fingerprint density at radius 3 is 1.94 bits per heavy atom. The van der Waals surface area contributed by atoms with E-state index in [1.807, 2.05) is 30.3 Å². The van der Waals surface area contributed by atoms with E-state index in [9.17, 15) is 4.79 Å². The summed E-state index contributed by atoms with van der Waals surface area (Å²) < 4.78 is 0. The van der Waals surface area contributed by atoms with E-state index in [1.54, 1.807) is 0 Å². The first-order chi connectivity index (χ1) is 16.1. The van der Waals surface area contributed by atoms with Gasteiger partial charge in [0, 0.05) is 26.7 Å². The average molecular weight is 460 g/mol. The van der Waals surface area contributed by atoms with Crippen LogP contribution in [0.15, 0.2) is 78.9 Å². The summed E-state index contributed by atoms with van der Waals surface area (Å²) in [4.78, 5) is 12.7. The third-order valence-electron chi connectivity index (χ3n) is 6.39. The number of aryl methyl sites for hydroxylation is 2. The van der Waals surface area contributed by atoms with Crippen LogP contribution < -0.4 is 26.3 Å². The first-order valence-electron chi connectivity index (χ1n) is 11.9. The van der Waals surface area contributed by atoms with Crippen LogP contribution >= 0.6 is 8.07 Å². The summed E-state index contributed by atoms with van der Waals surface area (Å²) in [6.45, 7) is 4.92. The van der Waals surface area contributed by atoms with Gasteiger partial charge in [-0.15, -0.1) is 0 Å². The molecule has 2 atom stereocenters. The van der Waals surface area contributed by atoms with Crippen molar-refractivity contribution in [3.63, 3.8) is 0 Å². The van der Waals surface area contributed by atoms with Gasteiger partial charge in [0.2, 0.25) is 0 Å². The summed E-state index contributed by atoms with van der Waals surface area (Å²) in [5, 5.41) is 13.0. The van der Waals surface area contributed by atoms with E-state index in [2.05, 4.69) is 78.1 Å². The molecule has 172 valence electrons. The number of nitrogens with one attached hydrogen (secondary N) is 3. The van der Waals surface area contributed by atoms with E-state index in [4.69, 9.17) is 0 Å². The minimum absolute atomic E-state index is 0.0892. The van der Waals surface area contributed by atoms with Crippen LogP contribution in [-0.4, -0.2) is 18.1 Å². The predicted octanol–water partition coefficient (Wildman–Crippen LogP) is 5.05. The minimum atomic E-state index is -0.733. The summed E-state index contributed by atoms with van der Waals surface area (Å²) in [7, 11) is -0.733. The largest absolute Gasteiger partial charge is 0.334 e. The maximum atomic E-state index is 12.7. The molecule has 0 heterocycles. The van der Waals surface area contributed by atoms with Gasteiger partial charge in [-0.05, 0) is 54.0 Å². The molecule has 33 heavy (non-hydrogen) atoms. The summed E-state index contributed by atoms with van der Waals surface area (Å²) >= 11 is 0. The van der Waals surface area contributed by atoms with Crippen molar-refractivity contribution >= 4 is 24.7 Å². The molecule has 3 aromatic rings. The van der Waals surface area contributed by atoms with Crippen molar-refractivity contribution < 1.29 is 4.79 Å². The standard InChI is InChI=1S/C28H34N3OP/c1-21-12-6-10-18-26(21)33(27-19-11-7-13-22(27)2)31-25-17-9-8-16-24(25)30-28(32)29-20-23-14-4-3-5-15-23/h3-7,10-15,18-19,24-25,31H,8-9,16-17,20H2,1-2H3,(H2,29,30,32)/t24-,25-/m0/s1. The number of carbonyl (C=O) groups excluding carboxylic acids is 1. The highest BCUT2D eigenvalue weighted by Gasteiger charge is 2.30. The van der Waals surface area contributed by atoms with Crippen LogP contribution in [0.5, 0.6) is 0 Å². The molecule has 5 heteroatoms. The molecule has 0 unspecified atom stereocenters. The van der Waals surface area contributed by atoms with Crippen LogP contribution in [0.4, 0.5) is 4.79 Å². The molecular weight excluding hydrogens is 425 g/mol. The van der Waals surface area contributed by atoms with E-state index in [-0.39, 0.29) is 18.1 Å². The van der Waals surface area contributed by atoms with Crippen molar-refractivity contribution in [2.75, 3.05) is 0 Å². The fourth-order valence-electron chi connectivity index (χ4n) is 4.52. The van der Waals surface area contributed by atoms with Crippen LogP contribution in [0, 0.1) is 13.8 Å². The first kappa shape index (κ1) is 23.5. The third kappa shape index (κ3) is 6.22. The SMILES string of the molecule is Cc1ccccc1P(N[C@H]1CCCC[C@@H]1NC(=O)NCc1ccccc1)c1ccccc1C. The summed E-state index contributed by atoms with van der Waals surface area (Å²) in [6, 6.07) is 27.7. The molecule has 0 radical (unpaired) electrons. The molecule has 2 amide bonds. The highest BCUT2D eigenvalue weighted by molar-refractivity contribution is 7.71. The van der Waals surface area contributed by atoms with Crippen LogP contribution in [-0.2, 0) is 6.54 Å². The molecule has 0 aromatic heterocycles. The van der Waals surface area contributed by atoms with Gasteiger partial charge in [-0.2, -0.15) is 0 Å². The molecule has 1 fully saturated rings. The fourth-order valence-corrected chi connectivity index (χ4v) is 7.02. The Morgan fingerprint density at radius 2 is 1.33 bits per heavy atom. The number of hydrogen-bond acceptors (Lipinski definition) is 2. The predicted molar refractivity (Wildman–Crippen MR) is 140 cm³/mol. The number of urea groups is 1. The lowest BCUT2D eigenvalue weighted by Gasteiger charge is -2.36. The number of benzene rings is 3. The monoisotopic (exact) mass is 459 g/mol. The van der Waals surface area contributed by atoms with Crippen LogP contribution in [0.25, 0.3) is 0 Å². The highest BCUT2D eigenvalue weighted by Crippen LogP contribution is 2.35. The molecule has 4 rings (SSSR count). The van der Waals surface area contributed by atoms with Gasteiger partial charge in [-0.1, -0.05) is 91.7 Å². The molecule has 3 N–H and O–H groups in total. The second-order valence-corrected chi connectivity index (χ2v) is 10.7. The van der Waals surface area contributed by atoms with Gasteiger partial charge >= 0.3 is 6.03 Å². The van der Waals surface area contributed by atoms with Gasteiger partial charge in [0.25, 0.3) is 0 Å². The first-order valence-corrected chi connectivity index (χ1v) is 13.2. The van der Waals surface area contributed by atoms with Gasteiger partial charge in [0.05, 0.1) is 0 Å². The molecule has 3 aromatic carbocycles. The zero-order chi connectivity index (χ0) is 23.0. The highest BCUT2D eigenvalue weighted by atomic mass is 31.1. The summed E-state index contributed by atoms with van der Waals surface area (Å²) in [5.41, 5.74) is 3.72. The molecular formula is C28H34N3OP. The second kappa shape index (κ2) is 11.4. The Bertz CT molecular complexity index is 1010. The van der Waals surface area contributed by atoms with E-state index in [0.717, 1.165) is 24.8 Å².